The number of nitrogens with one attached hydrogen (secondary N) is 2. The normalized spacial score (nSPS) is 47.9. The van der Waals surface area contributed by atoms with Crippen LogP contribution in [0.4, 0.5) is 0 Å². The Morgan fingerprint density at radius 1 is 1.29 bits per heavy atom. The molecule has 4 aliphatic rings. The fraction of sp³-hybridized carbons (Fsp3) is 0.875. The van der Waals surface area contributed by atoms with Gasteiger partial charge in [-0.05, 0) is 37.0 Å². The molecule has 0 aromatic carbocycles. The van der Waals surface area contributed by atoms with E-state index in [-0.39, 0.29) is 17.9 Å². The summed E-state index contributed by atoms with van der Waals surface area (Å²) in [5.41, 5.74) is -0.951. The molecule has 0 aromatic heterocycles. The summed E-state index contributed by atoms with van der Waals surface area (Å²) in [7, 11) is 0. The molecule has 5 atom stereocenters. The Hall–Kier alpha value is -1.10. The third-order valence-electron chi connectivity index (χ3n) is 6.32. The van der Waals surface area contributed by atoms with Crippen molar-refractivity contribution in [3.05, 3.63) is 0 Å². The van der Waals surface area contributed by atoms with E-state index in [4.69, 9.17) is 4.74 Å². The molecule has 3 heterocycles. The number of piperidine rings is 2. The van der Waals surface area contributed by atoms with E-state index in [1.807, 2.05) is 0 Å². The summed E-state index contributed by atoms with van der Waals surface area (Å²) >= 11 is 0. The van der Waals surface area contributed by atoms with Crippen LogP contribution in [0.15, 0.2) is 0 Å². The van der Waals surface area contributed by atoms with Crippen LogP contribution in [0, 0.1) is 23.2 Å². The van der Waals surface area contributed by atoms with Crippen LogP contribution < -0.4 is 10.6 Å². The fourth-order valence-corrected chi connectivity index (χ4v) is 5.66. The number of hydrogen-bond donors (Lipinski definition) is 2. The molecule has 116 valence electrons. The maximum atomic E-state index is 12.7. The van der Waals surface area contributed by atoms with Crippen LogP contribution in [0.1, 0.15) is 39.5 Å². The van der Waals surface area contributed by atoms with Gasteiger partial charge in [-0.15, -0.1) is 0 Å². The van der Waals surface area contributed by atoms with Gasteiger partial charge in [-0.2, -0.15) is 0 Å². The molecule has 0 aromatic rings. The molecule has 4 fully saturated rings. The first-order chi connectivity index (χ1) is 10.0. The molecule has 2 N–H and O–H groups in total. The first kappa shape index (κ1) is 13.6. The predicted octanol–water partition coefficient (Wildman–Crippen LogP) is 0.832. The van der Waals surface area contributed by atoms with Crippen LogP contribution in [0.3, 0.4) is 0 Å². The summed E-state index contributed by atoms with van der Waals surface area (Å²) in [6.07, 6.45) is 3.40. The molecule has 21 heavy (non-hydrogen) atoms. The number of hydrogen-bond acceptors (Lipinski definition) is 3. The summed E-state index contributed by atoms with van der Waals surface area (Å²) in [5.74, 6) is 1.46. The van der Waals surface area contributed by atoms with E-state index in [2.05, 4.69) is 24.5 Å². The molecule has 5 heteroatoms. The van der Waals surface area contributed by atoms with E-state index < -0.39 is 11.0 Å². The second-order valence-electron chi connectivity index (χ2n) is 7.61. The van der Waals surface area contributed by atoms with Gasteiger partial charge in [0.15, 0.2) is 0 Å². The Balaban J connectivity index is 1.78. The van der Waals surface area contributed by atoms with Crippen LogP contribution >= 0.6 is 0 Å². The maximum absolute atomic E-state index is 12.7. The summed E-state index contributed by atoms with van der Waals surface area (Å²) < 4.78 is 6.11. The molecule has 0 unspecified atom stereocenters. The average molecular weight is 292 g/mol. The lowest BCUT2D eigenvalue weighted by molar-refractivity contribution is -0.193. The van der Waals surface area contributed by atoms with Gasteiger partial charge in [0.2, 0.25) is 11.8 Å². The number of carbonyl (C=O) groups is 2. The first-order valence-corrected chi connectivity index (χ1v) is 8.23. The molecule has 3 saturated heterocycles. The quantitative estimate of drug-likeness (QED) is 0.792. The van der Waals surface area contributed by atoms with Crippen molar-refractivity contribution in [2.24, 2.45) is 23.2 Å². The molecule has 2 amide bonds. The Kier molecular flexibility index (Phi) is 2.72. The van der Waals surface area contributed by atoms with Crippen molar-refractivity contribution in [3.8, 4) is 0 Å². The number of carbonyl (C=O) groups excluding carboxylic acids is 2. The zero-order valence-electron chi connectivity index (χ0n) is 12.8. The molecule has 0 bridgehead atoms. The Bertz CT molecular complexity index is 506. The van der Waals surface area contributed by atoms with Gasteiger partial charge >= 0.3 is 0 Å². The number of fused-ring (bicyclic) bond motifs is 1. The summed E-state index contributed by atoms with van der Waals surface area (Å²) in [5, 5.41) is 6.26. The number of amides is 2. The topological polar surface area (TPSA) is 67.4 Å². The highest BCUT2D eigenvalue weighted by Crippen LogP contribution is 2.69. The van der Waals surface area contributed by atoms with Gasteiger partial charge in [0.25, 0.3) is 0 Å². The van der Waals surface area contributed by atoms with Crippen LogP contribution in [0.25, 0.3) is 0 Å². The van der Waals surface area contributed by atoms with Crippen molar-refractivity contribution in [1.29, 1.82) is 0 Å². The molecule has 5 nitrogen and oxygen atoms in total. The number of rotatable bonds is 2. The van der Waals surface area contributed by atoms with Crippen molar-refractivity contribution < 1.29 is 14.3 Å². The van der Waals surface area contributed by atoms with Crippen molar-refractivity contribution in [1.82, 2.24) is 10.6 Å². The SMILES string of the molecule is CC(C)C[C@@H]1OC[C@]23C(=O)NCC[C@H]2[C@H]2CCC(=O)N[C@]123. The molecule has 2 spiro atoms. The van der Waals surface area contributed by atoms with Crippen LogP contribution in [-0.2, 0) is 14.3 Å². The van der Waals surface area contributed by atoms with Gasteiger partial charge in [-0.25, -0.2) is 0 Å². The largest absolute Gasteiger partial charge is 0.374 e. The van der Waals surface area contributed by atoms with Gasteiger partial charge in [0, 0.05) is 13.0 Å². The van der Waals surface area contributed by atoms with Crippen molar-refractivity contribution in [2.75, 3.05) is 13.2 Å². The lowest BCUT2D eigenvalue weighted by Gasteiger charge is -2.68. The van der Waals surface area contributed by atoms with Gasteiger partial charge in [-0.3, -0.25) is 9.59 Å². The predicted molar refractivity (Wildman–Crippen MR) is 76.3 cm³/mol. The molecule has 0 radical (unpaired) electrons. The highest BCUT2D eigenvalue weighted by atomic mass is 16.5. The zero-order valence-corrected chi connectivity index (χ0v) is 12.8. The minimum Gasteiger partial charge on any atom is -0.374 e. The summed E-state index contributed by atoms with van der Waals surface area (Å²) in [6.45, 7) is 5.57. The highest BCUT2D eigenvalue weighted by Gasteiger charge is 2.82. The third kappa shape index (κ3) is 1.41. The van der Waals surface area contributed by atoms with Gasteiger partial charge in [0.1, 0.15) is 5.41 Å². The van der Waals surface area contributed by atoms with E-state index in [0.717, 1.165) is 25.8 Å². The van der Waals surface area contributed by atoms with E-state index in [1.54, 1.807) is 0 Å². The van der Waals surface area contributed by atoms with Crippen molar-refractivity contribution in [3.63, 3.8) is 0 Å². The van der Waals surface area contributed by atoms with Crippen molar-refractivity contribution in [2.45, 2.75) is 51.2 Å². The van der Waals surface area contributed by atoms with Gasteiger partial charge < -0.3 is 15.4 Å². The Labute approximate surface area is 125 Å². The maximum Gasteiger partial charge on any atom is 0.231 e. The zero-order chi connectivity index (χ0) is 14.8. The van der Waals surface area contributed by atoms with Crippen LogP contribution in [0.2, 0.25) is 0 Å². The Morgan fingerprint density at radius 2 is 2.10 bits per heavy atom. The molecular weight excluding hydrogens is 268 g/mol. The second-order valence-corrected chi connectivity index (χ2v) is 7.61. The smallest absolute Gasteiger partial charge is 0.231 e. The molecule has 1 aliphatic carbocycles. The van der Waals surface area contributed by atoms with Crippen LogP contribution in [0.5, 0.6) is 0 Å². The lowest BCUT2D eigenvalue weighted by atomic mass is 9.38. The molecule has 1 saturated carbocycles. The lowest BCUT2D eigenvalue weighted by Crippen LogP contribution is -2.85. The van der Waals surface area contributed by atoms with E-state index in [9.17, 15) is 9.59 Å². The average Bonchev–Trinajstić information content (AvgIpc) is 2.63. The van der Waals surface area contributed by atoms with Gasteiger partial charge in [-0.1, -0.05) is 13.8 Å². The third-order valence-corrected chi connectivity index (χ3v) is 6.32. The van der Waals surface area contributed by atoms with Crippen LogP contribution in [-0.4, -0.2) is 36.6 Å². The second kappa shape index (κ2) is 4.22. The monoisotopic (exact) mass is 292 g/mol. The van der Waals surface area contributed by atoms with E-state index in [1.165, 1.54) is 0 Å². The summed E-state index contributed by atoms with van der Waals surface area (Å²) in [4.78, 5) is 24.8. The molecule has 4 rings (SSSR count). The van der Waals surface area contributed by atoms with E-state index >= 15 is 0 Å². The minimum atomic E-state index is -0.508. The standard InChI is InChI=1S/C16H24N2O3/c1-9(2)7-12-16-11(3-4-13(19)18-16)10-5-6-17-14(20)15(10,16)8-21-12/h9-12H,3-8H2,1-2H3,(H,17,20)(H,18,19)/t10-,11+,12-,15+,16-/m0/s1. The number of ether oxygens (including phenoxy) is 1. The summed E-state index contributed by atoms with van der Waals surface area (Å²) in [6, 6.07) is 0. The molecular formula is C16H24N2O3. The molecule has 3 aliphatic heterocycles. The van der Waals surface area contributed by atoms with E-state index in [0.29, 0.717) is 30.8 Å². The highest BCUT2D eigenvalue weighted by molar-refractivity contribution is 5.91. The van der Waals surface area contributed by atoms with Crippen molar-refractivity contribution >= 4 is 11.8 Å². The fourth-order valence-electron chi connectivity index (χ4n) is 5.66. The minimum absolute atomic E-state index is 0.0214. The Morgan fingerprint density at radius 3 is 2.86 bits per heavy atom. The first-order valence-electron chi connectivity index (χ1n) is 8.23. The van der Waals surface area contributed by atoms with Gasteiger partial charge in [0.05, 0.1) is 18.2 Å².